The Morgan fingerprint density at radius 2 is 2.14 bits per heavy atom. The third kappa shape index (κ3) is 2.61. The van der Waals surface area contributed by atoms with Crippen LogP contribution in [0, 0.1) is 13.8 Å². The minimum absolute atomic E-state index is 0.205. The van der Waals surface area contributed by atoms with Crippen LogP contribution in [0.15, 0.2) is 23.1 Å². The predicted octanol–water partition coefficient (Wildman–Crippen LogP) is 2.15. The van der Waals surface area contributed by atoms with Crippen molar-refractivity contribution in [3.8, 4) is 5.75 Å². The molecule has 2 aromatic rings. The number of aromatic nitrogens is 2. The summed E-state index contributed by atoms with van der Waals surface area (Å²) in [6.07, 6.45) is 1.85. The summed E-state index contributed by atoms with van der Waals surface area (Å²) in [5.74, 6) is 0.833. The Kier molecular flexibility index (Phi) is 3.36. The first kappa shape index (κ1) is 13.9. The molecule has 0 fully saturated rings. The number of hydrogen-bond acceptors (Lipinski definition) is 4. The van der Waals surface area contributed by atoms with E-state index in [1.807, 2.05) is 6.07 Å². The van der Waals surface area contributed by atoms with E-state index in [1.54, 1.807) is 26.0 Å². The van der Waals surface area contributed by atoms with Crippen LogP contribution in [0.2, 0.25) is 0 Å². The van der Waals surface area contributed by atoms with Gasteiger partial charge in [0.1, 0.15) is 10.6 Å². The summed E-state index contributed by atoms with van der Waals surface area (Å²) < 4.78 is 33.1. The van der Waals surface area contributed by atoms with E-state index in [-0.39, 0.29) is 4.90 Å². The first-order chi connectivity index (χ1) is 9.97. The maximum absolute atomic E-state index is 12.5. The van der Waals surface area contributed by atoms with Crippen LogP contribution in [0.3, 0.4) is 0 Å². The molecule has 0 aliphatic carbocycles. The van der Waals surface area contributed by atoms with Gasteiger partial charge in [0.25, 0.3) is 10.0 Å². The molecule has 0 spiro atoms. The molecular weight excluding hydrogens is 290 g/mol. The molecule has 0 saturated heterocycles. The van der Waals surface area contributed by atoms with E-state index < -0.39 is 10.0 Å². The highest BCUT2D eigenvalue weighted by molar-refractivity contribution is 7.92. The summed E-state index contributed by atoms with van der Waals surface area (Å²) in [6.45, 7) is 4.07. The molecule has 6 nitrogen and oxygen atoms in total. The third-order valence-electron chi connectivity index (χ3n) is 3.49. The van der Waals surface area contributed by atoms with Gasteiger partial charge in [-0.25, -0.2) is 8.42 Å². The van der Waals surface area contributed by atoms with Crippen LogP contribution in [0.5, 0.6) is 5.75 Å². The number of aromatic amines is 1. The van der Waals surface area contributed by atoms with Crippen molar-refractivity contribution in [1.82, 2.24) is 10.2 Å². The third-order valence-corrected chi connectivity index (χ3v) is 5.13. The molecule has 2 heterocycles. The minimum Gasteiger partial charge on any atom is -0.493 e. The summed E-state index contributed by atoms with van der Waals surface area (Å²) in [5, 5.41) is 6.62. The lowest BCUT2D eigenvalue weighted by molar-refractivity contribution is 0.288. The Morgan fingerprint density at radius 3 is 2.86 bits per heavy atom. The van der Waals surface area contributed by atoms with E-state index in [4.69, 9.17) is 4.74 Å². The molecule has 0 bridgehead atoms. The van der Waals surface area contributed by atoms with Gasteiger partial charge in [0.2, 0.25) is 0 Å². The smallest absolute Gasteiger partial charge is 0.265 e. The van der Waals surface area contributed by atoms with Crippen molar-refractivity contribution in [1.29, 1.82) is 0 Å². The zero-order chi connectivity index (χ0) is 15.0. The first-order valence-corrected chi connectivity index (χ1v) is 8.26. The summed E-state index contributed by atoms with van der Waals surface area (Å²) in [5.41, 5.74) is 2.56. The van der Waals surface area contributed by atoms with Crippen molar-refractivity contribution >= 4 is 15.7 Å². The summed E-state index contributed by atoms with van der Waals surface area (Å²) >= 11 is 0. The molecule has 21 heavy (non-hydrogen) atoms. The van der Waals surface area contributed by atoms with Gasteiger partial charge in [0.05, 0.1) is 18.0 Å². The summed E-state index contributed by atoms with van der Waals surface area (Å²) in [6, 6.07) is 5.35. The number of aryl methyl sites for hydroxylation is 3. The quantitative estimate of drug-likeness (QED) is 0.910. The number of benzene rings is 1. The molecule has 1 aliphatic heterocycles. The number of sulfonamides is 1. The SMILES string of the molecule is Cc1n[nH]c(C)c1S(=O)(=O)Nc1ccc2c(c1)CCCO2. The standard InChI is InChI=1S/C14H17N3O3S/c1-9-14(10(2)16-15-9)21(18,19)17-12-5-6-13-11(8-12)4-3-7-20-13/h5-6,8,17H,3-4,7H2,1-2H3,(H,15,16). The first-order valence-electron chi connectivity index (χ1n) is 6.77. The zero-order valence-corrected chi connectivity index (χ0v) is 12.8. The van der Waals surface area contributed by atoms with Gasteiger partial charge in [0, 0.05) is 5.69 Å². The molecular formula is C14H17N3O3S. The zero-order valence-electron chi connectivity index (χ0n) is 11.9. The van der Waals surface area contributed by atoms with Crippen LogP contribution in [-0.4, -0.2) is 25.2 Å². The maximum Gasteiger partial charge on any atom is 0.265 e. The number of H-pyrrole nitrogens is 1. The van der Waals surface area contributed by atoms with Crippen molar-refractivity contribution in [2.75, 3.05) is 11.3 Å². The number of rotatable bonds is 3. The monoisotopic (exact) mass is 307 g/mol. The lowest BCUT2D eigenvalue weighted by atomic mass is 10.1. The average Bonchev–Trinajstić information content (AvgIpc) is 2.78. The van der Waals surface area contributed by atoms with Crippen LogP contribution >= 0.6 is 0 Å². The predicted molar refractivity (Wildman–Crippen MR) is 79.1 cm³/mol. The van der Waals surface area contributed by atoms with Gasteiger partial charge < -0.3 is 4.74 Å². The second-order valence-corrected chi connectivity index (χ2v) is 6.76. The fraction of sp³-hybridized carbons (Fsp3) is 0.357. The van der Waals surface area contributed by atoms with Gasteiger partial charge in [-0.1, -0.05) is 0 Å². The van der Waals surface area contributed by atoms with Crippen LogP contribution in [0.25, 0.3) is 0 Å². The van der Waals surface area contributed by atoms with Crippen LogP contribution in [0.1, 0.15) is 23.4 Å². The Morgan fingerprint density at radius 1 is 1.33 bits per heavy atom. The lowest BCUT2D eigenvalue weighted by Gasteiger charge is -2.18. The van der Waals surface area contributed by atoms with Crippen molar-refractivity contribution in [2.24, 2.45) is 0 Å². The Hall–Kier alpha value is -2.02. The van der Waals surface area contributed by atoms with Crippen molar-refractivity contribution in [2.45, 2.75) is 31.6 Å². The normalized spacial score (nSPS) is 14.4. The molecule has 3 rings (SSSR count). The molecule has 1 aromatic carbocycles. The number of fused-ring (bicyclic) bond motifs is 1. The second-order valence-electron chi connectivity index (χ2n) is 5.14. The molecule has 1 aromatic heterocycles. The van der Waals surface area contributed by atoms with Gasteiger partial charge in [0.15, 0.2) is 0 Å². The Labute approximate surface area is 123 Å². The maximum atomic E-state index is 12.5. The van der Waals surface area contributed by atoms with Crippen LogP contribution in [-0.2, 0) is 16.4 Å². The molecule has 0 saturated carbocycles. The summed E-state index contributed by atoms with van der Waals surface area (Å²) in [4.78, 5) is 0.205. The van der Waals surface area contributed by atoms with Crippen molar-refractivity contribution < 1.29 is 13.2 Å². The van der Waals surface area contributed by atoms with Crippen LogP contribution < -0.4 is 9.46 Å². The molecule has 7 heteroatoms. The summed E-state index contributed by atoms with van der Waals surface area (Å²) in [7, 11) is -3.64. The molecule has 112 valence electrons. The van der Waals surface area contributed by atoms with E-state index in [9.17, 15) is 8.42 Å². The van der Waals surface area contributed by atoms with Gasteiger partial charge in [-0.2, -0.15) is 5.10 Å². The fourth-order valence-corrected chi connectivity index (χ4v) is 3.99. The molecule has 0 unspecified atom stereocenters. The lowest BCUT2D eigenvalue weighted by Crippen LogP contribution is -2.15. The van der Waals surface area contributed by atoms with Gasteiger partial charge in [-0.15, -0.1) is 0 Å². The second kappa shape index (κ2) is 5.07. The number of nitrogens with one attached hydrogen (secondary N) is 2. The molecule has 2 N–H and O–H groups in total. The Bertz CT molecular complexity index is 761. The number of anilines is 1. The van der Waals surface area contributed by atoms with E-state index >= 15 is 0 Å². The highest BCUT2D eigenvalue weighted by atomic mass is 32.2. The highest BCUT2D eigenvalue weighted by Crippen LogP contribution is 2.29. The molecule has 0 atom stereocenters. The largest absolute Gasteiger partial charge is 0.493 e. The average molecular weight is 307 g/mol. The fourth-order valence-electron chi connectivity index (χ4n) is 2.57. The van der Waals surface area contributed by atoms with E-state index in [2.05, 4.69) is 14.9 Å². The van der Waals surface area contributed by atoms with Crippen molar-refractivity contribution in [3.63, 3.8) is 0 Å². The van der Waals surface area contributed by atoms with Gasteiger partial charge >= 0.3 is 0 Å². The Balaban J connectivity index is 1.93. The topological polar surface area (TPSA) is 84.1 Å². The number of ether oxygens (including phenoxy) is 1. The van der Waals surface area contributed by atoms with E-state index in [0.717, 1.165) is 24.2 Å². The van der Waals surface area contributed by atoms with E-state index in [0.29, 0.717) is 23.7 Å². The number of nitrogens with zero attached hydrogens (tertiary/aromatic N) is 1. The molecule has 1 aliphatic rings. The van der Waals surface area contributed by atoms with Gasteiger partial charge in [-0.3, -0.25) is 9.82 Å². The van der Waals surface area contributed by atoms with Crippen molar-refractivity contribution in [3.05, 3.63) is 35.2 Å². The van der Waals surface area contributed by atoms with Crippen LogP contribution in [0.4, 0.5) is 5.69 Å². The molecule has 0 radical (unpaired) electrons. The minimum atomic E-state index is -3.64. The number of hydrogen-bond donors (Lipinski definition) is 2. The van der Waals surface area contributed by atoms with Gasteiger partial charge in [-0.05, 0) is 50.5 Å². The molecule has 0 amide bonds. The highest BCUT2D eigenvalue weighted by Gasteiger charge is 2.23. The van der Waals surface area contributed by atoms with E-state index in [1.165, 1.54) is 0 Å².